The summed E-state index contributed by atoms with van der Waals surface area (Å²) < 4.78 is 0. The van der Waals surface area contributed by atoms with Gasteiger partial charge < -0.3 is 16.2 Å². The number of carboxylic acids is 1. The largest absolute Gasteiger partial charge is 0.477 e. The van der Waals surface area contributed by atoms with Crippen LogP contribution in [0.5, 0.6) is 0 Å². The van der Waals surface area contributed by atoms with E-state index in [2.05, 4.69) is 10.3 Å². The van der Waals surface area contributed by atoms with Crippen molar-refractivity contribution in [2.45, 2.75) is 6.54 Å². The Kier molecular flexibility index (Phi) is 4.39. The van der Waals surface area contributed by atoms with Crippen LogP contribution >= 0.6 is 11.6 Å². The summed E-state index contributed by atoms with van der Waals surface area (Å²) >= 11 is 5.83. The zero-order chi connectivity index (χ0) is 15.4. The molecule has 1 aromatic heterocycles. The number of aromatic nitrogens is 1. The Labute approximate surface area is 125 Å². The number of nitrogen functional groups attached to an aromatic ring is 1. The zero-order valence-electron chi connectivity index (χ0n) is 10.8. The van der Waals surface area contributed by atoms with Gasteiger partial charge in [0.1, 0.15) is 5.69 Å². The summed E-state index contributed by atoms with van der Waals surface area (Å²) in [5.74, 6) is -1.42. The van der Waals surface area contributed by atoms with E-state index in [0.717, 1.165) is 0 Å². The van der Waals surface area contributed by atoms with E-state index in [1.165, 1.54) is 24.4 Å². The van der Waals surface area contributed by atoms with E-state index in [9.17, 15) is 9.59 Å². The molecule has 0 aliphatic heterocycles. The molecule has 0 saturated heterocycles. The minimum absolute atomic E-state index is 0.0484. The Morgan fingerprint density at radius 3 is 2.62 bits per heavy atom. The number of amides is 1. The Bertz CT molecular complexity index is 666. The second-order valence-corrected chi connectivity index (χ2v) is 4.75. The van der Waals surface area contributed by atoms with Crippen molar-refractivity contribution >= 4 is 29.2 Å². The molecular formula is C14H12ClN3O3. The molecule has 0 bridgehead atoms. The van der Waals surface area contributed by atoms with E-state index in [-0.39, 0.29) is 18.1 Å². The van der Waals surface area contributed by atoms with Crippen molar-refractivity contribution < 1.29 is 14.7 Å². The third-order valence-corrected chi connectivity index (χ3v) is 2.90. The van der Waals surface area contributed by atoms with Crippen LogP contribution in [0, 0.1) is 0 Å². The first kappa shape index (κ1) is 14.8. The molecule has 0 fully saturated rings. The van der Waals surface area contributed by atoms with Gasteiger partial charge in [0.2, 0.25) is 0 Å². The number of carboxylic acid groups (broad SMARTS) is 1. The number of aromatic carboxylic acids is 1. The standard InChI is InChI=1S/C14H12ClN3O3/c15-10-3-9(4-11(16)5-10)13(19)18-7-8-1-2-12(14(20)21)17-6-8/h1-6H,7,16H2,(H,18,19)(H,20,21). The van der Waals surface area contributed by atoms with E-state index >= 15 is 0 Å². The van der Waals surface area contributed by atoms with Crippen LogP contribution in [0.25, 0.3) is 0 Å². The predicted octanol–water partition coefficient (Wildman–Crippen LogP) is 1.95. The van der Waals surface area contributed by atoms with Crippen LogP contribution in [0.1, 0.15) is 26.4 Å². The number of halogens is 1. The van der Waals surface area contributed by atoms with Crippen LogP contribution in [0.3, 0.4) is 0 Å². The van der Waals surface area contributed by atoms with Gasteiger partial charge >= 0.3 is 5.97 Å². The van der Waals surface area contributed by atoms with Crippen LogP contribution in [-0.4, -0.2) is 22.0 Å². The topological polar surface area (TPSA) is 105 Å². The first-order valence-corrected chi connectivity index (χ1v) is 6.36. The van der Waals surface area contributed by atoms with Crippen molar-refractivity contribution in [2.24, 2.45) is 0 Å². The molecule has 108 valence electrons. The van der Waals surface area contributed by atoms with Gasteiger partial charge in [0.05, 0.1) is 0 Å². The van der Waals surface area contributed by atoms with Crippen molar-refractivity contribution in [3.05, 3.63) is 58.4 Å². The quantitative estimate of drug-likeness (QED) is 0.749. The second kappa shape index (κ2) is 6.23. The van der Waals surface area contributed by atoms with Gasteiger partial charge in [-0.15, -0.1) is 0 Å². The lowest BCUT2D eigenvalue weighted by Gasteiger charge is -2.06. The molecular weight excluding hydrogens is 294 g/mol. The van der Waals surface area contributed by atoms with E-state index in [4.69, 9.17) is 22.4 Å². The normalized spacial score (nSPS) is 10.1. The number of pyridine rings is 1. The number of hydrogen-bond donors (Lipinski definition) is 3. The zero-order valence-corrected chi connectivity index (χ0v) is 11.6. The van der Waals surface area contributed by atoms with E-state index in [1.54, 1.807) is 12.1 Å². The van der Waals surface area contributed by atoms with Crippen LogP contribution in [0.2, 0.25) is 5.02 Å². The van der Waals surface area contributed by atoms with Crippen molar-refractivity contribution in [1.82, 2.24) is 10.3 Å². The molecule has 1 heterocycles. The number of nitrogens with one attached hydrogen (secondary N) is 1. The minimum Gasteiger partial charge on any atom is -0.477 e. The fourth-order valence-corrected chi connectivity index (χ4v) is 1.93. The Balaban J connectivity index is 2.02. The highest BCUT2D eigenvalue weighted by Crippen LogP contribution is 2.16. The maximum atomic E-state index is 12.0. The Morgan fingerprint density at radius 1 is 1.29 bits per heavy atom. The monoisotopic (exact) mass is 305 g/mol. The highest BCUT2D eigenvalue weighted by atomic mass is 35.5. The van der Waals surface area contributed by atoms with Gasteiger partial charge in [0, 0.05) is 29.0 Å². The maximum Gasteiger partial charge on any atom is 0.354 e. The molecule has 4 N–H and O–H groups in total. The molecule has 0 radical (unpaired) electrons. The number of nitrogens with two attached hydrogens (primary N) is 1. The van der Waals surface area contributed by atoms with E-state index in [1.807, 2.05) is 0 Å². The average Bonchev–Trinajstić information content (AvgIpc) is 2.44. The lowest BCUT2D eigenvalue weighted by molar-refractivity contribution is 0.0690. The van der Waals surface area contributed by atoms with Crippen LogP contribution in [0.15, 0.2) is 36.5 Å². The van der Waals surface area contributed by atoms with Gasteiger partial charge in [-0.2, -0.15) is 0 Å². The fourth-order valence-electron chi connectivity index (χ4n) is 1.68. The molecule has 7 heteroatoms. The molecule has 0 aliphatic rings. The highest BCUT2D eigenvalue weighted by Gasteiger charge is 2.08. The molecule has 0 unspecified atom stereocenters. The molecule has 1 amide bonds. The number of nitrogens with zero attached hydrogens (tertiary/aromatic N) is 1. The molecule has 2 aromatic rings. The third kappa shape index (κ3) is 3.93. The lowest BCUT2D eigenvalue weighted by Crippen LogP contribution is -2.23. The molecule has 0 saturated carbocycles. The molecule has 0 atom stereocenters. The van der Waals surface area contributed by atoms with Gasteiger partial charge in [-0.3, -0.25) is 4.79 Å². The van der Waals surface area contributed by atoms with Gasteiger partial charge in [0.25, 0.3) is 5.91 Å². The molecule has 0 aliphatic carbocycles. The summed E-state index contributed by atoms with van der Waals surface area (Å²) in [6.07, 6.45) is 1.40. The average molecular weight is 306 g/mol. The number of benzene rings is 1. The number of rotatable bonds is 4. The number of carbonyl (C=O) groups is 2. The highest BCUT2D eigenvalue weighted by molar-refractivity contribution is 6.31. The number of anilines is 1. The summed E-state index contributed by atoms with van der Waals surface area (Å²) in [5, 5.41) is 11.8. The van der Waals surface area contributed by atoms with E-state index in [0.29, 0.717) is 21.8 Å². The third-order valence-electron chi connectivity index (χ3n) is 2.68. The van der Waals surface area contributed by atoms with Crippen molar-refractivity contribution in [2.75, 3.05) is 5.73 Å². The Morgan fingerprint density at radius 2 is 2.05 bits per heavy atom. The Hall–Kier alpha value is -2.60. The minimum atomic E-state index is -1.10. The first-order chi connectivity index (χ1) is 9.95. The summed E-state index contributed by atoms with van der Waals surface area (Å²) in [7, 11) is 0. The number of carbonyl (C=O) groups excluding carboxylic acids is 1. The summed E-state index contributed by atoms with van der Waals surface area (Å²) in [6, 6.07) is 7.54. The van der Waals surface area contributed by atoms with Crippen molar-refractivity contribution in [3.63, 3.8) is 0 Å². The SMILES string of the molecule is Nc1cc(Cl)cc(C(=O)NCc2ccc(C(=O)O)nc2)c1. The summed E-state index contributed by atoms with van der Waals surface area (Å²) in [5.41, 5.74) is 7.01. The fraction of sp³-hybridized carbons (Fsp3) is 0.0714. The molecule has 1 aromatic carbocycles. The molecule has 0 spiro atoms. The summed E-state index contributed by atoms with van der Waals surface area (Å²) in [6.45, 7) is 0.220. The van der Waals surface area contributed by atoms with Gasteiger partial charge in [-0.1, -0.05) is 17.7 Å². The maximum absolute atomic E-state index is 12.0. The van der Waals surface area contributed by atoms with Crippen molar-refractivity contribution in [1.29, 1.82) is 0 Å². The second-order valence-electron chi connectivity index (χ2n) is 4.31. The van der Waals surface area contributed by atoms with Gasteiger partial charge in [0.15, 0.2) is 0 Å². The smallest absolute Gasteiger partial charge is 0.354 e. The molecule has 6 nitrogen and oxygen atoms in total. The lowest BCUT2D eigenvalue weighted by atomic mass is 10.2. The summed E-state index contributed by atoms with van der Waals surface area (Å²) in [4.78, 5) is 26.4. The van der Waals surface area contributed by atoms with Crippen LogP contribution in [-0.2, 0) is 6.54 Å². The molecule has 2 rings (SSSR count). The van der Waals surface area contributed by atoms with Crippen LogP contribution < -0.4 is 11.1 Å². The first-order valence-electron chi connectivity index (χ1n) is 5.98. The molecule has 21 heavy (non-hydrogen) atoms. The predicted molar refractivity (Wildman–Crippen MR) is 78.2 cm³/mol. The number of hydrogen-bond acceptors (Lipinski definition) is 4. The van der Waals surface area contributed by atoms with Gasteiger partial charge in [-0.05, 0) is 29.8 Å². The van der Waals surface area contributed by atoms with Crippen LogP contribution in [0.4, 0.5) is 5.69 Å². The van der Waals surface area contributed by atoms with Crippen molar-refractivity contribution in [3.8, 4) is 0 Å². The van der Waals surface area contributed by atoms with E-state index < -0.39 is 5.97 Å². The van der Waals surface area contributed by atoms with Gasteiger partial charge in [-0.25, -0.2) is 9.78 Å².